The average Bonchev–Trinajstić information content (AvgIpc) is 2.61. The Morgan fingerprint density at radius 1 is 1.50 bits per heavy atom. The first-order chi connectivity index (χ1) is 7.53. The second kappa shape index (κ2) is 3.60. The van der Waals surface area contributed by atoms with Crippen molar-refractivity contribution in [1.82, 2.24) is 4.98 Å². The second-order valence-electron chi connectivity index (χ2n) is 3.16. The zero-order chi connectivity index (χ0) is 11.8. The molecule has 2 aromatic rings. The minimum Gasteiger partial charge on any atom is -0.443 e. The number of nitrogens with two attached hydrogens (primary N) is 1. The third-order valence-corrected chi connectivity index (χ3v) is 3.08. The fourth-order valence-corrected chi connectivity index (χ4v) is 2.00. The summed E-state index contributed by atoms with van der Waals surface area (Å²) in [6.45, 7) is 1.79. The Hall–Kier alpha value is -1.89. The van der Waals surface area contributed by atoms with Gasteiger partial charge in [0.25, 0.3) is 0 Å². The van der Waals surface area contributed by atoms with E-state index in [0.29, 0.717) is 17.3 Å². The van der Waals surface area contributed by atoms with Crippen LogP contribution in [0.1, 0.15) is 5.69 Å². The van der Waals surface area contributed by atoms with E-state index in [1.165, 1.54) is 6.07 Å². The van der Waals surface area contributed by atoms with E-state index in [4.69, 9.17) is 10.2 Å². The van der Waals surface area contributed by atoms with Crippen molar-refractivity contribution in [1.29, 1.82) is 0 Å². The highest BCUT2D eigenvalue weighted by Gasteiger charge is 2.17. The van der Waals surface area contributed by atoms with Gasteiger partial charge in [0.2, 0.25) is 5.09 Å². The summed E-state index contributed by atoms with van der Waals surface area (Å²) >= 11 is 0. The summed E-state index contributed by atoms with van der Waals surface area (Å²) in [6, 6.07) is 3.02. The molecule has 2 rings (SSSR count). The molecule has 2 heterocycles. The molecular formula is C9H9N3O3S. The molecule has 6 nitrogen and oxygen atoms in total. The molecule has 0 aromatic carbocycles. The van der Waals surface area contributed by atoms with Crippen LogP contribution >= 0.6 is 0 Å². The standard InChI is InChI=1S/C9H9N3O3S/c1-6-2-8-7(4-11-6)3-9(15-8)16(13,14)12-5-10/h2-5H,1H3,(H2,10,12). The van der Waals surface area contributed by atoms with Crippen LogP contribution in [0.5, 0.6) is 0 Å². The molecule has 0 bridgehead atoms. The largest absolute Gasteiger partial charge is 0.443 e. The van der Waals surface area contributed by atoms with Gasteiger partial charge in [-0.25, -0.2) is 0 Å². The Kier molecular flexibility index (Phi) is 2.39. The van der Waals surface area contributed by atoms with Crippen LogP contribution in [0.2, 0.25) is 0 Å². The third-order valence-electron chi connectivity index (χ3n) is 1.97. The first-order valence-corrected chi connectivity index (χ1v) is 5.84. The predicted molar refractivity (Wildman–Crippen MR) is 58.6 cm³/mol. The Morgan fingerprint density at radius 2 is 2.25 bits per heavy atom. The van der Waals surface area contributed by atoms with Crippen molar-refractivity contribution < 1.29 is 12.8 Å². The van der Waals surface area contributed by atoms with Crippen LogP contribution < -0.4 is 5.73 Å². The van der Waals surface area contributed by atoms with Crippen LogP contribution in [0.4, 0.5) is 0 Å². The van der Waals surface area contributed by atoms with Crippen molar-refractivity contribution >= 4 is 27.3 Å². The molecule has 0 amide bonds. The molecule has 0 radical (unpaired) electrons. The average molecular weight is 239 g/mol. The van der Waals surface area contributed by atoms with Gasteiger partial charge >= 0.3 is 10.0 Å². The molecule has 0 saturated carbocycles. The first-order valence-electron chi connectivity index (χ1n) is 4.39. The molecule has 0 fully saturated rings. The Morgan fingerprint density at radius 3 is 2.94 bits per heavy atom. The van der Waals surface area contributed by atoms with Crippen molar-refractivity contribution in [2.24, 2.45) is 10.1 Å². The van der Waals surface area contributed by atoms with E-state index < -0.39 is 10.0 Å². The molecule has 0 atom stereocenters. The zero-order valence-corrected chi connectivity index (χ0v) is 9.23. The molecule has 2 N–H and O–H groups in total. The maximum Gasteiger partial charge on any atom is 0.317 e. The lowest BCUT2D eigenvalue weighted by Crippen LogP contribution is -1.99. The maximum absolute atomic E-state index is 11.5. The molecule has 0 spiro atoms. The molecule has 0 aliphatic heterocycles. The normalized spacial score (nSPS) is 12.6. The van der Waals surface area contributed by atoms with Crippen molar-refractivity contribution in [3.8, 4) is 0 Å². The van der Waals surface area contributed by atoms with Crippen LogP contribution in [-0.2, 0) is 10.0 Å². The highest BCUT2D eigenvalue weighted by Crippen LogP contribution is 2.23. The van der Waals surface area contributed by atoms with E-state index in [-0.39, 0.29) is 5.09 Å². The van der Waals surface area contributed by atoms with Gasteiger partial charge in [0.1, 0.15) is 5.58 Å². The molecular weight excluding hydrogens is 230 g/mol. The van der Waals surface area contributed by atoms with Gasteiger partial charge in [-0.3, -0.25) is 4.98 Å². The summed E-state index contributed by atoms with van der Waals surface area (Å²) < 4.78 is 31.3. The number of furan rings is 1. The first kappa shape index (κ1) is 10.6. The minimum absolute atomic E-state index is 0.239. The van der Waals surface area contributed by atoms with Crippen molar-refractivity contribution in [3.05, 3.63) is 24.0 Å². The number of pyridine rings is 1. The highest BCUT2D eigenvalue weighted by atomic mass is 32.2. The number of hydrogen-bond donors (Lipinski definition) is 1. The summed E-state index contributed by atoms with van der Waals surface area (Å²) in [5.74, 6) is 0. The van der Waals surface area contributed by atoms with Gasteiger partial charge in [0.05, 0.1) is 6.34 Å². The van der Waals surface area contributed by atoms with Gasteiger partial charge in [0.15, 0.2) is 0 Å². The fraction of sp³-hybridized carbons (Fsp3) is 0.111. The van der Waals surface area contributed by atoms with Gasteiger partial charge in [0, 0.05) is 29.4 Å². The number of aromatic nitrogens is 1. The van der Waals surface area contributed by atoms with Crippen LogP contribution in [0.3, 0.4) is 0 Å². The molecule has 0 unspecified atom stereocenters. The van der Waals surface area contributed by atoms with Gasteiger partial charge in [-0.1, -0.05) is 0 Å². The van der Waals surface area contributed by atoms with E-state index in [1.807, 2.05) is 0 Å². The summed E-state index contributed by atoms with van der Waals surface area (Å²) in [7, 11) is -3.84. The van der Waals surface area contributed by atoms with E-state index in [2.05, 4.69) is 9.38 Å². The molecule has 16 heavy (non-hydrogen) atoms. The van der Waals surface area contributed by atoms with E-state index >= 15 is 0 Å². The topological polar surface area (TPSA) is 98.5 Å². The number of aryl methyl sites for hydroxylation is 1. The summed E-state index contributed by atoms with van der Waals surface area (Å²) in [4.78, 5) is 4.03. The predicted octanol–water partition coefficient (Wildman–Crippen LogP) is 0.812. The van der Waals surface area contributed by atoms with Crippen molar-refractivity contribution in [3.63, 3.8) is 0 Å². The lowest BCUT2D eigenvalue weighted by Gasteiger charge is -1.90. The van der Waals surface area contributed by atoms with Gasteiger partial charge in [-0.15, -0.1) is 4.40 Å². The molecule has 0 saturated heterocycles. The SMILES string of the molecule is Cc1cc2oc(S(=O)(=O)N=CN)cc2cn1. The minimum atomic E-state index is -3.84. The lowest BCUT2D eigenvalue weighted by molar-refractivity contribution is 0.482. The Balaban J connectivity index is 2.64. The molecule has 0 aliphatic rings. The second-order valence-corrected chi connectivity index (χ2v) is 4.72. The van der Waals surface area contributed by atoms with E-state index in [1.54, 1.807) is 19.2 Å². The summed E-state index contributed by atoms with van der Waals surface area (Å²) in [5, 5.41) is 0.369. The lowest BCUT2D eigenvalue weighted by atomic mass is 10.3. The van der Waals surface area contributed by atoms with Gasteiger partial charge in [-0.05, 0) is 6.92 Å². The number of fused-ring (bicyclic) bond motifs is 1. The van der Waals surface area contributed by atoms with Crippen molar-refractivity contribution in [2.45, 2.75) is 12.0 Å². The van der Waals surface area contributed by atoms with Crippen LogP contribution in [0.15, 0.2) is 32.2 Å². The summed E-state index contributed by atoms with van der Waals surface area (Å²) in [5.41, 5.74) is 6.15. The number of rotatable bonds is 2. The molecule has 84 valence electrons. The van der Waals surface area contributed by atoms with Crippen LogP contribution in [0.25, 0.3) is 11.0 Å². The molecule has 0 aliphatic carbocycles. The maximum atomic E-state index is 11.5. The Bertz CT molecular complexity index is 658. The monoisotopic (exact) mass is 239 g/mol. The quantitative estimate of drug-likeness (QED) is 0.617. The van der Waals surface area contributed by atoms with E-state index in [9.17, 15) is 8.42 Å². The number of nitrogens with zero attached hydrogens (tertiary/aromatic N) is 2. The summed E-state index contributed by atoms with van der Waals surface area (Å²) in [6.07, 6.45) is 2.26. The van der Waals surface area contributed by atoms with E-state index in [0.717, 1.165) is 5.69 Å². The van der Waals surface area contributed by atoms with Crippen molar-refractivity contribution in [2.75, 3.05) is 0 Å². The number of sulfonamides is 1. The van der Waals surface area contributed by atoms with Crippen LogP contribution in [-0.4, -0.2) is 19.7 Å². The number of hydrogen-bond acceptors (Lipinski definition) is 4. The smallest absolute Gasteiger partial charge is 0.317 e. The van der Waals surface area contributed by atoms with Gasteiger partial charge < -0.3 is 10.2 Å². The zero-order valence-electron chi connectivity index (χ0n) is 8.41. The fourth-order valence-electron chi connectivity index (χ4n) is 1.27. The third kappa shape index (κ3) is 1.76. The highest BCUT2D eigenvalue weighted by molar-refractivity contribution is 7.90. The van der Waals surface area contributed by atoms with Gasteiger partial charge in [-0.2, -0.15) is 8.42 Å². The van der Waals surface area contributed by atoms with Crippen LogP contribution in [0, 0.1) is 6.92 Å². The molecule has 7 heteroatoms. The molecule has 2 aromatic heterocycles. The Labute approximate surface area is 91.9 Å².